The van der Waals surface area contributed by atoms with Crippen LogP contribution in [0.5, 0.6) is 0 Å². The van der Waals surface area contributed by atoms with Gasteiger partial charge < -0.3 is 10.5 Å². The molecule has 2 N–H and O–H groups in total. The lowest BCUT2D eigenvalue weighted by Gasteiger charge is -2.07. The highest BCUT2D eigenvalue weighted by Crippen LogP contribution is 2.13. The smallest absolute Gasteiger partial charge is 0.333 e. The molecule has 0 bridgehead atoms. The van der Waals surface area contributed by atoms with Crippen LogP contribution < -0.4 is 5.73 Å². The largest absolute Gasteiger partial charge is 0.460 e. The molecule has 0 amide bonds. The summed E-state index contributed by atoms with van der Waals surface area (Å²) in [5.74, 6) is -0.164. The molecule has 0 saturated carbocycles. The Kier molecular flexibility index (Phi) is 5.39. The number of carbonyl (C=O) groups is 1. The Morgan fingerprint density at radius 1 is 1.48 bits per heavy atom. The molecule has 1 aromatic carbocycles. The maximum absolute atomic E-state index is 11.9. The molecule has 0 aliphatic heterocycles. The summed E-state index contributed by atoms with van der Waals surface area (Å²) < 4.78 is 6.59. The number of rotatable bonds is 5. The fourth-order valence-electron chi connectivity index (χ4n) is 1.87. The van der Waals surface area contributed by atoms with Gasteiger partial charge in [-0.05, 0) is 30.7 Å². The van der Waals surface area contributed by atoms with E-state index in [9.17, 15) is 4.79 Å². The lowest BCUT2D eigenvalue weighted by Crippen LogP contribution is -2.14. The van der Waals surface area contributed by atoms with E-state index in [0.29, 0.717) is 16.2 Å². The van der Waals surface area contributed by atoms with Crippen molar-refractivity contribution in [1.29, 1.82) is 5.26 Å². The molecule has 2 rings (SSSR count). The van der Waals surface area contributed by atoms with Crippen LogP contribution in [-0.2, 0) is 16.1 Å². The number of nitrogens with two attached hydrogens (primary N) is 1. The van der Waals surface area contributed by atoms with E-state index in [0.717, 1.165) is 5.56 Å². The fourth-order valence-corrected chi connectivity index (χ4v) is 1.99. The molecule has 2 aromatic rings. The van der Waals surface area contributed by atoms with E-state index in [-0.39, 0.29) is 19.0 Å². The van der Waals surface area contributed by atoms with Crippen molar-refractivity contribution in [1.82, 2.24) is 9.78 Å². The molecule has 118 valence electrons. The van der Waals surface area contributed by atoms with Gasteiger partial charge in [0.05, 0.1) is 12.7 Å². The third kappa shape index (κ3) is 4.34. The third-order valence-electron chi connectivity index (χ3n) is 3.11. The number of anilines is 1. The number of esters is 1. The van der Waals surface area contributed by atoms with Crippen LogP contribution in [0.2, 0.25) is 5.02 Å². The SMILES string of the molecule is C/C(=C/c1ccc(Cl)cc1)C(=O)OCCn1ncc(C#N)c1N. The molecular weight excluding hydrogens is 316 g/mol. The Labute approximate surface area is 138 Å². The molecule has 0 radical (unpaired) electrons. The molecule has 1 aromatic heterocycles. The summed E-state index contributed by atoms with van der Waals surface area (Å²) in [6.07, 6.45) is 3.09. The summed E-state index contributed by atoms with van der Waals surface area (Å²) in [5, 5.41) is 13.4. The van der Waals surface area contributed by atoms with Crippen LogP contribution in [0.15, 0.2) is 36.0 Å². The van der Waals surface area contributed by atoms with Gasteiger partial charge in [0.2, 0.25) is 0 Å². The van der Waals surface area contributed by atoms with E-state index in [1.165, 1.54) is 10.9 Å². The van der Waals surface area contributed by atoms with E-state index < -0.39 is 5.97 Å². The zero-order valence-corrected chi connectivity index (χ0v) is 13.2. The highest BCUT2D eigenvalue weighted by atomic mass is 35.5. The minimum absolute atomic E-state index is 0.112. The van der Waals surface area contributed by atoms with Gasteiger partial charge in [0, 0.05) is 10.6 Å². The molecule has 6 nitrogen and oxygen atoms in total. The molecule has 0 spiro atoms. The topological polar surface area (TPSA) is 93.9 Å². The normalized spacial score (nSPS) is 11.1. The first-order valence-electron chi connectivity index (χ1n) is 6.83. The van der Waals surface area contributed by atoms with Crippen molar-refractivity contribution in [2.45, 2.75) is 13.5 Å². The van der Waals surface area contributed by atoms with Gasteiger partial charge in [-0.1, -0.05) is 23.7 Å². The van der Waals surface area contributed by atoms with Gasteiger partial charge in [-0.2, -0.15) is 10.4 Å². The zero-order valence-electron chi connectivity index (χ0n) is 12.5. The molecule has 0 aliphatic carbocycles. The highest BCUT2D eigenvalue weighted by molar-refractivity contribution is 6.30. The molecule has 0 saturated heterocycles. The van der Waals surface area contributed by atoms with Crippen LogP contribution in [0.3, 0.4) is 0 Å². The van der Waals surface area contributed by atoms with Crippen LogP contribution in [0, 0.1) is 11.3 Å². The van der Waals surface area contributed by atoms with Gasteiger partial charge in [-0.25, -0.2) is 9.48 Å². The second-order valence-corrected chi connectivity index (χ2v) is 5.23. The lowest BCUT2D eigenvalue weighted by atomic mass is 10.1. The van der Waals surface area contributed by atoms with Crippen molar-refractivity contribution in [3.8, 4) is 6.07 Å². The third-order valence-corrected chi connectivity index (χ3v) is 3.36. The lowest BCUT2D eigenvalue weighted by molar-refractivity contribution is -0.139. The van der Waals surface area contributed by atoms with E-state index in [1.54, 1.807) is 25.1 Å². The van der Waals surface area contributed by atoms with E-state index in [2.05, 4.69) is 5.10 Å². The number of ether oxygens (including phenoxy) is 1. The maximum Gasteiger partial charge on any atom is 0.333 e. The summed E-state index contributed by atoms with van der Waals surface area (Å²) in [6.45, 7) is 2.07. The average molecular weight is 331 g/mol. The van der Waals surface area contributed by atoms with Crippen molar-refractivity contribution in [2.24, 2.45) is 0 Å². The molecule has 0 atom stereocenters. The summed E-state index contributed by atoms with van der Waals surface area (Å²) in [4.78, 5) is 11.9. The Morgan fingerprint density at radius 3 is 2.78 bits per heavy atom. The number of halogens is 1. The standard InChI is InChI=1S/C16H15ClN4O2/c1-11(8-12-2-4-14(17)5-3-12)16(22)23-7-6-21-15(19)13(9-18)10-20-21/h2-5,8,10H,6-7,19H2,1H3/b11-8-. The van der Waals surface area contributed by atoms with Crippen LogP contribution >= 0.6 is 11.6 Å². The average Bonchev–Trinajstić information content (AvgIpc) is 2.89. The number of nitrogen functional groups attached to an aromatic ring is 1. The number of carbonyl (C=O) groups excluding carboxylic acids is 1. The van der Waals surface area contributed by atoms with Crippen LogP contribution in [-0.4, -0.2) is 22.4 Å². The highest BCUT2D eigenvalue weighted by Gasteiger charge is 2.09. The van der Waals surface area contributed by atoms with Crippen molar-refractivity contribution in [2.75, 3.05) is 12.3 Å². The summed E-state index contributed by atoms with van der Waals surface area (Å²) >= 11 is 5.81. The first-order chi connectivity index (χ1) is 11.0. The number of hydrogen-bond acceptors (Lipinski definition) is 5. The maximum atomic E-state index is 11.9. The summed E-state index contributed by atoms with van der Waals surface area (Å²) in [6, 6.07) is 9.05. The first-order valence-corrected chi connectivity index (χ1v) is 7.21. The molecule has 7 heteroatoms. The van der Waals surface area contributed by atoms with Crippen LogP contribution in [0.4, 0.5) is 5.82 Å². The van der Waals surface area contributed by atoms with E-state index in [1.807, 2.05) is 18.2 Å². The second kappa shape index (κ2) is 7.47. The van der Waals surface area contributed by atoms with Crippen LogP contribution in [0.1, 0.15) is 18.1 Å². The van der Waals surface area contributed by atoms with Crippen molar-refractivity contribution >= 4 is 29.5 Å². The van der Waals surface area contributed by atoms with Crippen LogP contribution in [0.25, 0.3) is 6.08 Å². The number of nitrogens with zero attached hydrogens (tertiary/aromatic N) is 3. The molecule has 0 fully saturated rings. The summed E-state index contributed by atoms with van der Waals surface area (Å²) in [7, 11) is 0. The Balaban J connectivity index is 1.90. The van der Waals surface area contributed by atoms with E-state index >= 15 is 0 Å². The molecule has 1 heterocycles. The van der Waals surface area contributed by atoms with Gasteiger partial charge in [-0.3, -0.25) is 0 Å². The fraction of sp³-hybridized carbons (Fsp3) is 0.188. The molecule has 0 unspecified atom stereocenters. The minimum atomic E-state index is -0.425. The van der Waals surface area contributed by atoms with Crippen molar-refractivity contribution < 1.29 is 9.53 Å². The monoisotopic (exact) mass is 330 g/mol. The Morgan fingerprint density at radius 2 is 2.17 bits per heavy atom. The predicted octanol–water partition coefficient (Wildman–Crippen LogP) is 2.64. The number of hydrogen-bond donors (Lipinski definition) is 1. The second-order valence-electron chi connectivity index (χ2n) is 4.79. The number of nitriles is 1. The molecular formula is C16H15ClN4O2. The van der Waals surface area contributed by atoms with Gasteiger partial charge in [-0.15, -0.1) is 0 Å². The minimum Gasteiger partial charge on any atom is -0.460 e. The molecule has 0 aliphatic rings. The molecule has 23 heavy (non-hydrogen) atoms. The van der Waals surface area contributed by atoms with E-state index in [4.69, 9.17) is 27.3 Å². The zero-order chi connectivity index (χ0) is 16.8. The quantitative estimate of drug-likeness (QED) is 0.671. The Bertz CT molecular complexity index is 772. The predicted molar refractivity (Wildman–Crippen MR) is 87.4 cm³/mol. The van der Waals surface area contributed by atoms with Gasteiger partial charge >= 0.3 is 5.97 Å². The van der Waals surface area contributed by atoms with Gasteiger partial charge in [0.25, 0.3) is 0 Å². The summed E-state index contributed by atoms with van der Waals surface area (Å²) in [5.41, 5.74) is 7.35. The van der Waals surface area contributed by atoms with Crippen molar-refractivity contribution in [3.05, 3.63) is 52.2 Å². The first kappa shape index (κ1) is 16.6. The number of aromatic nitrogens is 2. The number of benzene rings is 1. The van der Waals surface area contributed by atoms with Crippen molar-refractivity contribution in [3.63, 3.8) is 0 Å². The Hall–Kier alpha value is -2.78. The van der Waals surface area contributed by atoms with Gasteiger partial charge in [0.1, 0.15) is 24.1 Å². The van der Waals surface area contributed by atoms with Gasteiger partial charge in [0.15, 0.2) is 0 Å².